The van der Waals surface area contributed by atoms with Gasteiger partial charge in [0.05, 0.1) is 16.4 Å². The molecule has 0 unspecified atom stereocenters. The first-order valence-corrected chi connectivity index (χ1v) is 11.4. The molecule has 5 rings (SSSR count). The van der Waals surface area contributed by atoms with Crippen LogP contribution in [0.25, 0.3) is 0 Å². The number of amides is 1. The third kappa shape index (κ3) is 3.82. The molecule has 0 N–H and O–H groups in total. The molecule has 1 amide bonds. The molecule has 154 valence electrons. The van der Waals surface area contributed by atoms with Crippen molar-refractivity contribution in [3.63, 3.8) is 0 Å². The van der Waals surface area contributed by atoms with E-state index in [1.165, 1.54) is 11.8 Å². The smallest absolute Gasteiger partial charge is 0.269 e. The fourth-order valence-electron chi connectivity index (χ4n) is 3.30. The summed E-state index contributed by atoms with van der Waals surface area (Å²) >= 11 is 3.04. The number of hydrogen-bond donors (Lipinski definition) is 0. The zero-order chi connectivity index (χ0) is 21.4. The van der Waals surface area contributed by atoms with Crippen LogP contribution in [-0.4, -0.2) is 30.1 Å². The van der Waals surface area contributed by atoms with Gasteiger partial charge in [0, 0.05) is 19.0 Å². The van der Waals surface area contributed by atoms with Crippen LogP contribution in [0.2, 0.25) is 0 Å². The number of aliphatic imine (C=N–C) groups is 1. The Morgan fingerprint density at radius 2 is 1.45 bits per heavy atom. The van der Waals surface area contributed by atoms with Gasteiger partial charge in [0.2, 0.25) is 0 Å². The minimum atomic E-state index is -0.0325. The van der Waals surface area contributed by atoms with Gasteiger partial charge < -0.3 is 9.64 Å². The number of carbonyl (C=O) groups is 1. The zero-order valence-corrected chi connectivity index (χ0v) is 18.6. The maximum atomic E-state index is 13.0. The fourth-order valence-corrected chi connectivity index (χ4v) is 5.63. The summed E-state index contributed by atoms with van der Waals surface area (Å²) in [6, 6.07) is 25.4. The first-order chi connectivity index (χ1) is 15.1. The molecule has 2 heterocycles. The summed E-state index contributed by atoms with van der Waals surface area (Å²) < 4.78 is 5.83. The molecule has 3 aromatic rings. The number of anilines is 1. The summed E-state index contributed by atoms with van der Waals surface area (Å²) in [5.74, 6) is 1.49. The van der Waals surface area contributed by atoms with Crippen LogP contribution < -0.4 is 9.64 Å². The Balaban J connectivity index is 1.37. The van der Waals surface area contributed by atoms with Crippen molar-refractivity contribution in [2.24, 2.45) is 4.99 Å². The van der Waals surface area contributed by atoms with Crippen molar-refractivity contribution in [2.75, 3.05) is 19.0 Å². The quantitative estimate of drug-likeness (QED) is 0.457. The molecule has 0 atom stereocenters. The number of hydrogen-bond acceptors (Lipinski definition) is 6. The molecular formula is C24H19N3O2S2. The summed E-state index contributed by atoms with van der Waals surface area (Å²) in [6.45, 7) is 0. The molecule has 0 radical (unpaired) electrons. The number of thioether (sulfide) groups is 2. The van der Waals surface area contributed by atoms with Crippen molar-refractivity contribution in [1.29, 1.82) is 0 Å². The van der Waals surface area contributed by atoms with Crippen LogP contribution in [0.15, 0.2) is 98.7 Å². The molecule has 5 nitrogen and oxygen atoms in total. The number of carbonyl (C=O) groups excluding carboxylic acids is 1. The first-order valence-electron chi connectivity index (χ1n) is 9.72. The van der Waals surface area contributed by atoms with Crippen LogP contribution in [0, 0.1) is 0 Å². The highest BCUT2D eigenvalue weighted by molar-refractivity contribution is 8.19. The minimum Gasteiger partial charge on any atom is -0.457 e. The summed E-state index contributed by atoms with van der Waals surface area (Å²) in [4.78, 5) is 23.2. The Morgan fingerprint density at radius 1 is 0.774 bits per heavy atom. The third-order valence-electron chi connectivity index (χ3n) is 4.95. The van der Waals surface area contributed by atoms with Crippen molar-refractivity contribution >= 4 is 46.0 Å². The SMILES string of the molecule is CN1C(=O)C(=C2Sc3ccccc3N2C)SC1=Nc1ccc(Oc2ccccc2)cc1. The fraction of sp³-hybridized carbons (Fsp3) is 0.0833. The van der Waals surface area contributed by atoms with Crippen molar-refractivity contribution < 1.29 is 9.53 Å². The molecule has 2 aliphatic heterocycles. The molecule has 0 saturated carbocycles. The molecule has 31 heavy (non-hydrogen) atoms. The third-order valence-corrected chi connectivity index (χ3v) is 7.44. The van der Waals surface area contributed by atoms with E-state index >= 15 is 0 Å². The Hall–Kier alpha value is -3.16. The van der Waals surface area contributed by atoms with Gasteiger partial charge in [-0.2, -0.15) is 0 Å². The van der Waals surface area contributed by atoms with Crippen LogP contribution in [0.5, 0.6) is 11.5 Å². The number of para-hydroxylation sites is 2. The van der Waals surface area contributed by atoms with Crippen LogP contribution in [0.1, 0.15) is 0 Å². The highest BCUT2D eigenvalue weighted by Crippen LogP contribution is 2.49. The van der Waals surface area contributed by atoms with E-state index in [1.807, 2.05) is 73.8 Å². The molecule has 3 aromatic carbocycles. The maximum Gasteiger partial charge on any atom is 0.269 e. The van der Waals surface area contributed by atoms with E-state index in [-0.39, 0.29) is 5.91 Å². The number of amidine groups is 1. The predicted molar refractivity (Wildman–Crippen MR) is 128 cm³/mol. The van der Waals surface area contributed by atoms with Gasteiger partial charge in [-0.3, -0.25) is 9.69 Å². The van der Waals surface area contributed by atoms with E-state index in [9.17, 15) is 4.79 Å². The normalized spacial score (nSPS) is 19.3. The largest absolute Gasteiger partial charge is 0.457 e. The second-order valence-electron chi connectivity index (χ2n) is 7.03. The van der Waals surface area contributed by atoms with Crippen LogP contribution >= 0.6 is 23.5 Å². The maximum absolute atomic E-state index is 13.0. The molecule has 0 spiro atoms. The van der Waals surface area contributed by atoms with Crippen LogP contribution in [0.3, 0.4) is 0 Å². The van der Waals surface area contributed by atoms with Gasteiger partial charge in [-0.05, 0) is 60.3 Å². The number of rotatable bonds is 3. The van der Waals surface area contributed by atoms with Gasteiger partial charge in [0.25, 0.3) is 5.91 Å². The zero-order valence-electron chi connectivity index (χ0n) is 17.0. The van der Waals surface area contributed by atoms with Gasteiger partial charge in [-0.25, -0.2) is 4.99 Å². The topological polar surface area (TPSA) is 45.1 Å². The molecule has 7 heteroatoms. The van der Waals surface area contributed by atoms with E-state index in [4.69, 9.17) is 9.73 Å². The average Bonchev–Trinajstić information content (AvgIpc) is 3.27. The van der Waals surface area contributed by atoms with E-state index in [2.05, 4.69) is 17.0 Å². The van der Waals surface area contributed by atoms with Crippen LogP contribution in [0.4, 0.5) is 11.4 Å². The first kappa shape index (κ1) is 19.8. The number of fused-ring (bicyclic) bond motifs is 1. The van der Waals surface area contributed by atoms with E-state index < -0.39 is 0 Å². The molecule has 1 fully saturated rings. The van der Waals surface area contributed by atoms with E-state index in [0.29, 0.717) is 10.1 Å². The van der Waals surface area contributed by atoms with Crippen molar-refractivity contribution in [2.45, 2.75) is 4.90 Å². The lowest BCUT2D eigenvalue weighted by Crippen LogP contribution is -2.24. The van der Waals surface area contributed by atoms with Gasteiger partial charge in [-0.15, -0.1) is 0 Å². The predicted octanol–water partition coefficient (Wildman–Crippen LogP) is 6.08. The lowest BCUT2D eigenvalue weighted by molar-refractivity contribution is -0.121. The molecular weight excluding hydrogens is 426 g/mol. The standard InChI is InChI=1S/C24H19N3O2S2/c1-26-19-10-6-7-11-20(19)30-23(26)21-22(28)27(2)24(31-21)25-16-12-14-18(15-13-16)29-17-8-4-3-5-9-17/h3-15H,1-2H3. The van der Waals surface area contributed by atoms with Crippen molar-refractivity contribution in [3.05, 3.63) is 88.8 Å². The highest BCUT2D eigenvalue weighted by Gasteiger charge is 2.37. The van der Waals surface area contributed by atoms with E-state index in [1.54, 1.807) is 23.7 Å². The Labute approximate surface area is 189 Å². The second-order valence-corrected chi connectivity index (χ2v) is 9.04. The van der Waals surface area contributed by atoms with Gasteiger partial charge in [0.15, 0.2) is 5.17 Å². The molecule has 0 aliphatic carbocycles. The number of benzene rings is 3. The highest BCUT2D eigenvalue weighted by atomic mass is 32.2. The lowest BCUT2D eigenvalue weighted by Gasteiger charge is -2.14. The molecule has 1 saturated heterocycles. The Kier molecular flexibility index (Phi) is 5.21. The van der Waals surface area contributed by atoms with Gasteiger partial charge in [0.1, 0.15) is 16.4 Å². The van der Waals surface area contributed by atoms with Crippen LogP contribution in [-0.2, 0) is 4.79 Å². The summed E-state index contributed by atoms with van der Waals surface area (Å²) in [6.07, 6.45) is 0. The summed E-state index contributed by atoms with van der Waals surface area (Å²) in [7, 11) is 3.76. The van der Waals surface area contributed by atoms with Gasteiger partial charge in [-0.1, -0.05) is 42.1 Å². The minimum absolute atomic E-state index is 0.0325. The number of likely N-dealkylation sites (N-methyl/N-ethyl adjacent to an activating group) is 1. The van der Waals surface area contributed by atoms with Gasteiger partial charge >= 0.3 is 0 Å². The summed E-state index contributed by atoms with van der Waals surface area (Å²) in [5, 5.41) is 1.61. The van der Waals surface area contributed by atoms with Crippen molar-refractivity contribution in [1.82, 2.24) is 4.90 Å². The Morgan fingerprint density at radius 3 is 2.19 bits per heavy atom. The molecule has 0 bridgehead atoms. The molecule has 0 aromatic heterocycles. The number of ether oxygens (including phenoxy) is 1. The lowest BCUT2D eigenvalue weighted by atomic mass is 10.3. The second kappa shape index (κ2) is 8.17. The number of nitrogens with zero attached hydrogens (tertiary/aromatic N) is 3. The molecule has 2 aliphatic rings. The Bertz CT molecular complexity index is 1210. The average molecular weight is 446 g/mol. The van der Waals surface area contributed by atoms with Crippen molar-refractivity contribution in [3.8, 4) is 11.5 Å². The monoisotopic (exact) mass is 445 g/mol. The summed E-state index contributed by atoms with van der Waals surface area (Å²) in [5.41, 5.74) is 1.88. The van der Waals surface area contributed by atoms with E-state index in [0.717, 1.165) is 32.8 Å².